The third-order valence-electron chi connectivity index (χ3n) is 6.29. The van der Waals surface area contributed by atoms with E-state index >= 15 is 4.39 Å². The molecule has 41 heavy (non-hydrogen) atoms. The van der Waals surface area contributed by atoms with Gasteiger partial charge in [0, 0.05) is 28.4 Å². The van der Waals surface area contributed by atoms with Gasteiger partial charge in [0.25, 0.3) is 0 Å². The van der Waals surface area contributed by atoms with Crippen molar-refractivity contribution in [2.24, 2.45) is 5.73 Å². The van der Waals surface area contributed by atoms with Crippen molar-refractivity contribution in [1.29, 1.82) is 5.41 Å². The summed E-state index contributed by atoms with van der Waals surface area (Å²) in [7, 11) is -3.52. The van der Waals surface area contributed by atoms with Crippen LogP contribution in [0.5, 0.6) is 11.5 Å². The third-order valence-corrected chi connectivity index (χ3v) is 8.08. The molecule has 216 valence electrons. The smallest absolute Gasteiger partial charge is 0.178 e. The first kappa shape index (κ1) is 29.6. The van der Waals surface area contributed by atoms with Gasteiger partial charge in [0.05, 0.1) is 35.2 Å². The second kappa shape index (κ2) is 12.4. The molecule has 0 aliphatic rings. The van der Waals surface area contributed by atoms with Crippen LogP contribution in [0.3, 0.4) is 0 Å². The summed E-state index contributed by atoms with van der Waals surface area (Å²) in [5.74, 6) is 0.0690. The second-order valence-corrected chi connectivity index (χ2v) is 11.8. The maximum atomic E-state index is 16.1. The highest BCUT2D eigenvalue weighted by Crippen LogP contribution is 2.37. The molecule has 0 aliphatic heterocycles. The number of nitrogen functional groups attached to an aromatic ring is 1. The molecule has 1 aromatic heterocycles. The van der Waals surface area contributed by atoms with Crippen molar-refractivity contribution < 1.29 is 22.3 Å². The van der Waals surface area contributed by atoms with Crippen molar-refractivity contribution in [3.05, 3.63) is 89.6 Å². The number of nitrogens with one attached hydrogen (secondary N) is 3. The van der Waals surface area contributed by atoms with Crippen LogP contribution in [0.25, 0.3) is 11.3 Å². The number of rotatable bonds is 12. The van der Waals surface area contributed by atoms with Crippen LogP contribution in [0, 0.1) is 11.2 Å². The Labute approximate surface area is 239 Å². The first-order valence-corrected chi connectivity index (χ1v) is 14.9. The lowest BCUT2D eigenvalue weighted by atomic mass is 10.0. The number of anilines is 1. The van der Waals surface area contributed by atoms with E-state index in [4.69, 9.17) is 20.6 Å². The zero-order valence-corrected chi connectivity index (χ0v) is 24.2. The number of amidine groups is 1. The van der Waals surface area contributed by atoms with E-state index in [0.29, 0.717) is 40.7 Å². The van der Waals surface area contributed by atoms with Crippen molar-refractivity contribution in [3.63, 3.8) is 0 Å². The number of halogens is 1. The normalized spacial score (nSPS) is 12.2. The number of H-pyrrole nitrogens is 1. The number of hydrogen-bond donors (Lipinski definition) is 4. The standard InChI is InChI=1S/C30H34FN5O4S/c1-5-39-21-15-23(27(31)25(16-21)40-18(3)4)28(35-20-13-11-19(12-14-20)29(32)33)30-34-17-24(36-30)22-9-7-8-10-26(22)41(37,38)6-2/h7-18,28,35H,5-6H2,1-4H3,(H3,32,33)(H,34,36). The Bertz CT molecular complexity index is 1640. The van der Waals surface area contributed by atoms with E-state index in [1.54, 1.807) is 75.4 Å². The lowest BCUT2D eigenvalue weighted by Crippen LogP contribution is -2.18. The molecule has 9 nitrogen and oxygen atoms in total. The highest BCUT2D eigenvalue weighted by Gasteiger charge is 2.27. The SMILES string of the molecule is CCOc1cc(OC(C)C)c(F)c(C(Nc2ccc(C(=N)N)cc2)c2ncc(-c3ccccc3S(=O)(=O)CC)[nH]2)c1. The summed E-state index contributed by atoms with van der Waals surface area (Å²) in [5, 5.41) is 11.0. The van der Waals surface area contributed by atoms with Crippen LogP contribution < -0.4 is 20.5 Å². The van der Waals surface area contributed by atoms with Crippen LogP contribution in [-0.4, -0.2) is 42.7 Å². The molecule has 0 radical (unpaired) electrons. The Hall–Kier alpha value is -4.38. The van der Waals surface area contributed by atoms with E-state index in [9.17, 15) is 8.42 Å². The van der Waals surface area contributed by atoms with Gasteiger partial charge in [-0.15, -0.1) is 0 Å². The monoisotopic (exact) mass is 579 g/mol. The van der Waals surface area contributed by atoms with Crippen LogP contribution >= 0.6 is 0 Å². The minimum absolute atomic E-state index is 0.0332. The summed E-state index contributed by atoms with van der Waals surface area (Å²) in [4.78, 5) is 7.95. The van der Waals surface area contributed by atoms with Crippen LogP contribution in [0.2, 0.25) is 0 Å². The predicted octanol–water partition coefficient (Wildman–Crippen LogP) is 5.68. The highest BCUT2D eigenvalue weighted by molar-refractivity contribution is 7.91. The number of nitrogens with two attached hydrogens (primary N) is 1. The lowest BCUT2D eigenvalue weighted by Gasteiger charge is -2.22. The lowest BCUT2D eigenvalue weighted by molar-refractivity contribution is 0.228. The fourth-order valence-electron chi connectivity index (χ4n) is 4.33. The first-order chi connectivity index (χ1) is 19.5. The van der Waals surface area contributed by atoms with E-state index in [2.05, 4.69) is 15.3 Å². The van der Waals surface area contributed by atoms with Gasteiger partial charge in [-0.1, -0.05) is 25.1 Å². The molecule has 0 bridgehead atoms. The highest BCUT2D eigenvalue weighted by atomic mass is 32.2. The van der Waals surface area contributed by atoms with Crippen molar-refractivity contribution in [2.75, 3.05) is 17.7 Å². The molecule has 1 atom stereocenters. The van der Waals surface area contributed by atoms with E-state index in [-0.39, 0.29) is 33.9 Å². The van der Waals surface area contributed by atoms with Gasteiger partial charge < -0.3 is 25.5 Å². The average Bonchev–Trinajstić information content (AvgIpc) is 3.43. The van der Waals surface area contributed by atoms with Crippen LogP contribution in [-0.2, 0) is 9.84 Å². The second-order valence-electron chi connectivity index (χ2n) is 9.57. The summed E-state index contributed by atoms with van der Waals surface area (Å²) in [5.41, 5.74) is 7.89. The summed E-state index contributed by atoms with van der Waals surface area (Å²) in [6.45, 7) is 7.40. The molecule has 0 amide bonds. The first-order valence-electron chi connectivity index (χ1n) is 13.2. The van der Waals surface area contributed by atoms with Gasteiger partial charge in [0.15, 0.2) is 21.4 Å². The van der Waals surface area contributed by atoms with Crippen LogP contribution in [0.15, 0.2) is 71.8 Å². The molecule has 4 aromatic rings. The summed E-state index contributed by atoms with van der Waals surface area (Å²) in [6, 6.07) is 15.7. The van der Waals surface area contributed by atoms with E-state index in [0.717, 1.165) is 0 Å². The number of benzene rings is 3. The van der Waals surface area contributed by atoms with Crippen molar-refractivity contribution in [2.45, 2.75) is 44.7 Å². The van der Waals surface area contributed by atoms with Crippen molar-refractivity contribution in [3.8, 4) is 22.8 Å². The van der Waals surface area contributed by atoms with Gasteiger partial charge in [-0.25, -0.2) is 17.8 Å². The minimum atomic E-state index is -3.52. The number of imidazole rings is 1. The van der Waals surface area contributed by atoms with E-state index in [1.807, 2.05) is 6.92 Å². The van der Waals surface area contributed by atoms with E-state index in [1.165, 1.54) is 12.3 Å². The van der Waals surface area contributed by atoms with Gasteiger partial charge in [0.1, 0.15) is 23.5 Å². The fourth-order valence-corrected chi connectivity index (χ4v) is 5.44. The Kier molecular flexibility index (Phi) is 8.97. The minimum Gasteiger partial charge on any atom is -0.494 e. The van der Waals surface area contributed by atoms with Crippen molar-refractivity contribution >= 4 is 21.4 Å². The molecule has 1 heterocycles. The van der Waals surface area contributed by atoms with Gasteiger partial charge in [-0.3, -0.25) is 5.41 Å². The van der Waals surface area contributed by atoms with Crippen LogP contribution in [0.1, 0.15) is 50.7 Å². The zero-order valence-electron chi connectivity index (χ0n) is 23.4. The largest absolute Gasteiger partial charge is 0.494 e. The molecule has 5 N–H and O–H groups in total. The molecule has 0 fully saturated rings. The number of ether oxygens (including phenoxy) is 2. The third kappa shape index (κ3) is 6.68. The molecule has 0 spiro atoms. The van der Waals surface area contributed by atoms with Gasteiger partial charge in [-0.2, -0.15) is 0 Å². The Balaban J connectivity index is 1.87. The molecule has 4 rings (SSSR count). The molecule has 11 heteroatoms. The van der Waals surface area contributed by atoms with Gasteiger partial charge >= 0.3 is 0 Å². The summed E-state index contributed by atoms with van der Waals surface area (Å²) in [6.07, 6.45) is 1.25. The number of hydrogen-bond acceptors (Lipinski definition) is 7. The molecular weight excluding hydrogens is 545 g/mol. The zero-order chi connectivity index (χ0) is 29.7. The maximum absolute atomic E-state index is 16.1. The topological polar surface area (TPSA) is 143 Å². The average molecular weight is 580 g/mol. The Morgan fingerprint density at radius 1 is 1.12 bits per heavy atom. The quantitative estimate of drug-likeness (QED) is 0.125. The van der Waals surface area contributed by atoms with Crippen LogP contribution in [0.4, 0.5) is 10.1 Å². The summed E-state index contributed by atoms with van der Waals surface area (Å²) >= 11 is 0. The number of aromatic amines is 1. The predicted molar refractivity (Wildman–Crippen MR) is 158 cm³/mol. The van der Waals surface area contributed by atoms with Gasteiger partial charge in [0.2, 0.25) is 0 Å². The fraction of sp³-hybridized carbons (Fsp3) is 0.267. The molecule has 0 saturated heterocycles. The van der Waals surface area contributed by atoms with Crippen molar-refractivity contribution in [1.82, 2.24) is 9.97 Å². The number of aromatic nitrogens is 2. The molecule has 0 saturated carbocycles. The van der Waals surface area contributed by atoms with E-state index < -0.39 is 21.7 Å². The molecular formula is C30H34FN5O4S. The Morgan fingerprint density at radius 2 is 1.83 bits per heavy atom. The van der Waals surface area contributed by atoms with Gasteiger partial charge in [-0.05, 0) is 57.2 Å². The molecule has 1 unspecified atom stereocenters. The summed E-state index contributed by atoms with van der Waals surface area (Å²) < 4.78 is 53.2. The molecule has 0 aliphatic carbocycles. The molecule has 3 aromatic carbocycles. The number of nitrogens with zero attached hydrogens (tertiary/aromatic N) is 1. The Morgan fingerprint density at radius 3 is 2.46 bits per heavy atom. The number of sulfone groups is 1. The maximum Gasteiger partial charge on any atom is 0.178 e.